The first-order valence-electron chi connectivity index (χ1n) is 5.86. The van der Waals surface area contributed by atoms with Gasteiger partial charge in [0.1, 0.15) is 16.7 Å². The van der Waals surface area contributed by atoms with Gasteiger partial charge in [-0.3, -0.25) is 9.78 Å². The lowest BCUT2D eigenvalue weighted by atomic mass is 10.2. The van der Waals surface area contributed by atoms with Gasteiger partial charge < -0.3 is 5.32 Å². The number of hydrogen-bond donors (Lipinski definition) is 1. The highest BCUT2D eigenvalue weighted by Gasteiger charge is 2.10. The summed E-state index contributed by atoms with van der Waals surface area (Å²) < 4.78 is 0. The summed E-state index contributed by atoms with van der Waals surface area (Å²) in [6.07, 6.45) is 2.04. The first-order valence-corrected chi connectivity index (χ1v) is 6.24. The number of nitrogens with zero attached hydrogens (tertiary/aromatic N) is 3. The van der Waals surface area contributed by atoms with Gasteiger partial charge in [-0.25, -0.2) is 9.97 Å². The molecule has 1 N–H and O–H groups in total. The van der Waals surface area contributed by atoms with Crippen LogP contribution >= 0.6 is 11.6 Å². The third-order valence-corrected chi connectivity index (χ3v) is 2.70. The number of pyridine rings is 1. The van der Waals surface area contributed by atoms with E-state index >= 15 is 0 Å². The summed E-state index contributed by atoms with van der Waals surface area (Å²) in [7, 11) is 0. The summed E-state index contributed by atoms with van der Waals surface area (Å²) in [5.74, 6) is 0.655. The van der Waals surface area contributed by atoms with Crippen LogP contribution in [-0.4, -0.2) is 20.9 Å². The predicted octanol–water partition coefficient (Wildman–Crippen LogP) is 2.85. The van der Waals surface area contributed by atoms with E-state index in [0.29, 0.717) is 23.8 Å². The van der Waals surface area contributed by atoms with Crippen molar-refractivity contribution in [3.05, 3.63) is 35.1 Å². The van der Waals surface area contributed by atoms with E-state index in [1.165, 1.54) is 6.07 Å². The molecule has 0 radical (unpaired) electrons. The molecule has 0 atom stereocenters. The molecule has 2 heterocycles. The summed E-state index contributed by atoms with van der Waals surface area (Å²) in [5, 5.41) is 2.93. The van der Waals surface area contributed by atoms with Gasteiger partial charge in [0.25, 0.3) is 0 Å². The Morgan fingerprint density at radius 3 is 2.89 bits per heavy atom. The van der Waals surface area contributed by atoms with Crippen molar-refractivity contribution in [2.24, 2.45) is 0 Å². The van der Waals surface area contributed by atoms with Crippen LogP contribution in [0.5, 0.6) is 0 Å². The van der Waals surface area contributed by atoms with Crippen LogP contribution in [0.4, 0.5) is 5.82 Å². The summed E-state index contributed by atoms with van der Waals surface area (Å²) in [5.41, 5.74) is 1.59. The predicted molar refractivity (Wildman–Crippen MR) is 73.9 cm³/mol. The molecule has 0 unspecified atom stereocenters. The highest BCUT2D eigenvalue weighted by atomic mass is 35.5. The maximum atomic E-state index is 11.4. The summed E-state index contributed by atoms with van der Waals surface area (Å²) in [6, 6.07) is 5.26. The Hall–Kier alpha value is -2.01. The molecule has 0 aliphatic heterocycles. The lowest BCUT2D eigenvalue weighted by Crippen LogP contribution is -2.11. The fourth-order valence-electron chi connectivity index (χ4n) is 1.54. The number of anilines is 1. The summed E-state index contributed by atoms with van der Waals surface area (Å²) >= 11 is 5.95. The monoisotopic (exact) mass is 276 g/mol. The van der Waals surface area contributed by atoms with Crippen molar-refractivity contribution in [3.63, 3.8) is 0 Å². The Morgan fingerprint density at radius 2 is 2.21 bits per heavy atom. The van der Waals surface area contributed by atoms with E-state index in [1.54, 1.807) is 13.1 Å². The Labute approximate surface area is 116 Å². The fourth-order valence-corrected chi connectivity index (χ4v) is 1.72. The van der Waals surface area contributed by atoms with Gasteiger partial charge in [0.05, 0.1) is 0 Å². The van der Waals surface area contributed by atoms with Crippen molar-refractivity contribution in [2.45, 2.75) is 20.3 Å². The highest BCUT2D eigenvalue weighted by molar-refractivity contribution is 6.29. The zero-order valence-electron chi connectivity index (χ0n) is 10.6. The van der Waals surface area contributed by atoms with Crippen LogP contribution in [0.2, 0.25) is 5.15 Å². The van der Waals surface area contributed by atoms with E-state index in [0.717, 1.165) is 5.56 Å². The highest BCUT2D eigenvalue weighted by Crippen LogP contribution is 2.21. The van der Waals surface area contributed by atoms with Gasteiger partial charge in [0.15, 0.2) is 5.82 Å². The minimum Gasteiger partial charge on any atom is -0.311 e. The molecule has 1 amide bonds. The van der Waals surface area contributed by atoms with Gasteiger partial charge in [-0.2, -0.15) is 0 Å². The van der Waals surface area contributed by atoms with Crippen LogP contribution in [0.1, 0.15) is 18.9 Å². The van der Waals surface area contributed by atoms with Crippen molar-refractivity contribution in [1.82, 2.24) is 15.0 Å². The lowest BCUT2D eigenvalue weighted by molar-refractivity contribution is -0.115. The SMILES string of the molecule is CCC(=O)Nc1cc(Cl)nc(-c2ncccc2C)n1. The molecule has 19 heavy (non-hydrogen) atoms. The Kier molecular flexibility index (Phi) is 4.06. The number of hydrogen-bond acceptors (Lipinski definition) is 4. The Morgan fingerprint density at radius 1 is 1.42 bits per heavy atom. The number of aryl methyl sites for hydroxylation is 1. The largest absolute Gasteiger partial charge is 0.311 e. The number of rotatable bonds is 3. The molecular formula is C13H13ClN4O. The zero-order valence-corrected chi connectivity index (χ0v) is 11.4. The van der Waals surface area contributed by atoms with Crippen LogP contribution < -0.4 is 5.32 Å². The second-order valence-electron chi connectivity index (χ2n) is 3.97. The maximum absolute atomic E-state index is 11.4. The number of nitrogens with one attached hydrogen (secondary N) is 1. The normalized spacial score (nSPS) is 10.3. The molecule has 0 fully saturated rings. The average Bonchev–Trinajstić information content (AvgIpc) is 2.38. The minimum atomic E-state index is -0.126. The van der Waals surface area contributed by atoms with Crippen LogP contribution in [-0.2, 0) is 4.79 Å². The molecule has 5 nitrogen and oxygen atoms in total. The van der Waals surface area contributed by atoms with E-state index < -0.39 is 0 Å². The molecule has 98 valence electrons. The Bertz CT molecular complexity index is 615. The number of amides is 1. The molecule has 0 saturated carbocycles. The zero-order chi connectivity index (χ0) is 13.8. The van der Waals surface area contributed by atoms with E-state index in [4.69, 9.17) is 11.6 Å². The minimum absolute atomic E-state index is 0.126. The lowest BCUT2D eigenvalue weighted by Gasteiger charge is -2.07. The van der Waals surface area contributed by atoms with E-state index in [1.807, 2.05) is 19.1 Å². The van der Waals surface area contributed by atoms with Crippen LogP contribution in [0, 0.1) is 6.92 Å². The van der Waals surface area contributed by atoms with Gasteiger partial charge in [-0.05, 0) is 18.6 Å². The fraction of sp³-hybridized carbons (Fsp3) is 0.231. The summed E-state index contributed by atoms with van der Waals surface area (Å²) in [6.45, 7) is 3.68. The molecule has 0 aliphatic rings. The molecule has 0 aliphatic carbocycles. The topological polar surface area (TPSA) is 67.8 Å². The van der Waals surface area contributed by atoms with Crippen molar-refractivity contribution in [3.8, 4) is 11.5 Å². The second kappa shape index (κ2) is 5.75. The number of carbonyl (C=O) groups excluding carboxylic acids is 1. The van der Waals surface area contributed by atoms with Gasteiger partial charge >= 0.3 is 0 Å². The average molecular weight is 277 g/mol. The van der Waals surface area contributed by atoms with Gasteiger partial charge in [0, 0.05) is 18.7 Å². The smallest absolute Gasteiger partial charge is 0.225 e. The third-order valence-electron chi connectivity index (χ3n) is 2.50. The standard InChI is InChI=1S/C13H13ClN4O/c1-3-11(19)17-10-7-9(14)16-13(18-10)12-8(2)5-4-6-15-12/h4-7H,3H2,1-2H3,(H,16,17,18,19). The first kappa shape index (κ1) is 13.4. The van der Waals surface area contributed by atoms with Gasteiger partial charge in [-0.15, -0.1) is 0 Å². The molecule has 2 rings (SSSR count). The quantitative estimate of drug-likeness (QED) is 0.875. The Balaban J connectivity index is 2.42. The van der Waals surface area contributed by atoms with E-state index in [2.05, 4.69) is 20.3 Å². The number of aromatic nitrogens is 3. The molecule has 2 aromatic rings. The van der Waals surface area contributed by atoms with Crippen LogP contribution in [0.15, 0.2) is 24.4 Å². The van der Waals surface area contributed by atoms with E-state index in [-0.39, 0.29) is 11.1 Å². The molecule has 0 saturated heterocycles. The third kappa shape index (κ3) is 3.26. The van der Waals surface area contributed by atoms with Crippen LogP contribution in [0.25, 0.3) is 11.5 Å². The second-order valence-corrected chi connectivity index (χ2v) is 4.36. The van der Waals surface area contributed by atoms with Crippen molar-refractivity contribution >= 4 is 23.3 Å². The molecule has 0 aromatic carbocycles. The molecule has 0 bridgehead atoms. The van der Waals surface area contributed by atoms with Gasteiger partial charge in [0.2, 0.25) is 5.91 Å². The molecule has 2 aromatic heterocycles. The van der Waals surface area contributed by atoms with Crippen molar-refractivity contribution < 1.29 is 4.79 Å². The summed E-state index contributed by atoms with van der Waals surface area (Å²) in [4.78, 5) is 24.0. The maximum Gasteiger partial charge on any atom is 0.225 e. The van der Waals surface area contributed by atoms with E-state index in [9.17, 15) is 4.79 Å². The first-order chi connectivity index (χ1) is 9.10. The number of carbonyl (C=O) groups is 1. The molecular weight excluding hydrogens is 264 g/mol. The van der Waals surface area contributed by atoms with Crippen LogP contribution in [0.3, 0.4) is 0 Å². The number of halogens is 1. The molecule has 0 spiro atoms. The molecule has 6 heteroatoms. The van der Waals surface area contributed by atoms with Gasteiger partial charge in [-0.1, -0.05) is 24.6 Å². The van der Waals surface area contributed by atoms with Crippen molar-refractivity contribution in [1.29, 1.82) is 0 Å². The van der Waals surface area contributed by atoms with Crippen molar-refractivity contribution in [2.75, 3.05) is 5.32 Å².